The van der Waals surface area contributed by atoms with Gasteiger partial charge in [-0.3, -0.25) is 0 Å². The zero-order chi connectivity index (χ0) is 12.4. The number of benzene rings is 1. The number of thiazole rings is 1. The van der Waals surface area contributed by atoms with Gasteiger partial charge in [0.15, 0.2) is 5.13 Å². The normalized spacial score (nSPS) is 20.2. The van der Waals surface area contributed by atoms with Crippen LogP contribution in [0.2, 0.25) is 0 Å². The van der Waals surface area contributed by atoms with E-state index in [0.29, 0.717) is 0 Å². The van der Waals surface area contributed by atoms with Crippen LogP contribution in [0.5, 0.6) is 0 Å². The van der Waals surface area contributed by atoms with E-state index in [1.165, 1.54) is 35.3 Å². The Morgan fingerprint density at radius 3 is 3.17 bits per heavy atom. The zero-order valence-corrected chi connectivity index (χ0v) is 12.2. The van der Waals surface area contributed by atoms with Crippen LogP contribution in [0.3, 0.4) is 0 Å². The average Bonchev–Trinajstić information content (AvgIpc) is 2.79. The third-order valence-corrected chi connectivity index (χ3v) is 5.67. The summed E-state index contributed by atoms with van der Waals surface area (Å²) in [7, 11) is 0. The Morgan fingerprint density at radius 1 is 1.39 bits per heavy atom. The largest absolute Gasteiger partial charge is 0.360 e. The van der Waals surface area contributed by atoms with E-state index in [2.05, 4.69) is 47.2 Å². The first-order valence-electron chi connectivity index (χ1n) is 6.54. The van der Waals surface area contributed by atoms with Crippen molar-refractivity contribution in [1.29, 1.82) is 0 Å². The molecule has 0 amide bonds. The van der Waals surface area contributed by atoms with Gasteiger partial charge in [-0.05, 0) is 43.2 Å². The number of rotatable bonds is 3. The molecule has 96 valence electrons. The highest BCUT2D eigenvalue weighted by Crippen LogP contribution is 2.29. The first kappa shape index (κ1) is 12.3. The molecule has 0 saturated carbocycles. The zero-order valence-electron chi connectivity index (χ0n) is 10.6. The summed E-state index contributed by atoms with van der Waals surface area (Å²) < 4.78 is 1.29. The maximum Gasteiger partial charge on any atom is 0.183 e. The third-order valence-electron chi connectivity index (χ3n) is 3.30. The summed E-state index contributed by atoms with van der Waals surface area (Å²) in [4.78, 5) is 4.64. The van der Waals surface area contributed by atoms with Gasteiger partial charge in [-0.25, -0.2) is 4.98 Å². The molecule has 1 saturated heterocycles. The molecule has 1 atom stereocenters. The maximum absolute atomic E-state index is 4.64. The lowest BCUT2D eigenvalue weighted by atomic mass is 10.2. The van der Waals surface area contributed by atoms with Gasteiger partial charge < -0.3 is 5.32 Å². The molecule has 2 nitrogen and oxygen atoms in total. The summed E-state index contributed by atoms with van der Waals surface area (Å²) in [5.41, 5.74) is 2.42. The summed E-state index contributed by atoms with van der Waals surface area (Å²) in [5.74, 6) is 1.32. The molecule has 1 aromatic heterocycles. The van der Waals surface area contributed by atoms with Gasteiger partial charge in [0.05, 0.1) is 10.2 Å². The van der Waals surface area contributed by atoms with Crippen molar-refractivity contribution in [3.05, 3.63) is 23.8 Å². The maximum atomic E-state index is 4.64. The molecule has 1 unspecified atom stereocenters. The molecule has 0 spiro atoms. The first-order valence-corrected chi connectivity index (χ1v) is 8.40. The number of aromatic nitrogens is 1. The topological polar surface area (TPSA) is 24.9 Å². The van der Waals surface area contributed by atoms with Crippen LogP contribution in [-0.4, -0.2) is 22.5 Å². The van der Waals surface area contributed by atoms with E-state index >= 15 is 0 Å². The van der Waals surface area contributed by atoms with Crippen LogP contribution in [0.25, 0.3) is 10.2 Å². The Balaban J connectivity index is 1.67. The molecule has 0 bridgehead atoms. The van der Waals surface area contributed by atoms with Gasteiger partial charge in [-0.15, -0.1) is 0 Å². The van der Waals surface area contributed by atoms with E-state index < -0.39 is 0 Å². The fourth-order valence-corrected chi connectivity index (χ4v) is 4.49. The van der Waals surface area contributed by atoms with E-state index in [4.69, 9.17) is 0 Å². The quantitative estimate of drug-likeness (QED) is 0.906. The fourth-order valence-electron chi connectivity index (χ4n) is 2.28. The number of anilines is 1. The van der Waals surface area contributed by atoms with Gasteiger partial charge in [0.2, 0.25) is 0 Å². The number of aryl methyl sites for hydroxylation is 1. The van der Waals surface area contributed by atoms with Crippen LogP contribution >= 0.6 is 23.1 Å². The van der Waals surface area contributed by atoms with E-state index in [1.807, 2.05) is 0 Å². The van der Waals surface area contributed by atoms with Crippen molar-refractivity contribution >= 4 is 38.4 Å². The van der Waals surface area contributed by atoms with Crippen LogP contribution in [-0.2, 0) is 0 Å². The number of thioether (sulfide) groups is 1. The number of hydrogen-bond acceptors (Lipinski definition) is 4. The number of hydrogen-bond donors (Lipinski definition) is 1. The van der Waals surface area contributed by atoms with Crippen LogP contribution in [0.4, 0.5) is 5.13 Å². The van der Waals surface area contributed by atoms with Crippen molar-refractivity contribution < 1.29 is 0 Å². The standard InChI is InChI=1S/C14H18N2S2/c1-10-5-6-12-13(8-10)18-14(16-12)15-9-11-4-2-3-7-17-11/h5-6,8,11H,2-4,7,9H2,1H3,(H,15,16). The second-order valence-electron chi connectivity index (χ2n) is 4.86. The van der Waals surface area contributed by atoms with E-state index in [-0.39, 0.29) is 0 Å². The molecule has 0 aliphatic carbocycles. The molecule has 1 aromatic carbocycles. The minimum absolute atomic E-state index is 0.771. The molecule has 1 N–H and O–H groups in total. The predicted molar refractivity (Wildman–Crippen MR) is 82.9 cm³/mol. The van der Waals surface area contributed by atoms with Gasteiger partial charge in [0, 0.05) is 11.8 Å². The highest BCUT2D eigenvalue weighted by molar-refractivity contribution is 7.99. The minimum atomic E-state index is 0.771. The molecule has 3 rings (SSSR count). The highest BCUT2D eigenvalue weighted by Gasteiger charge is 2.14. The van der Waals surface area contributed by atoms with Gasteiger partial charge in [0.25, 0.3) is 0 Å². The van der Waals surface area contributed by atoms with Crippen LogP contribution in [0.15, 0.2) is 18.2 Å². The lowest BCUT2D eigenvalue weighted by Gasteiger charge is -2.21. The average molecular weight is 278 g/mol. The van der Waals surface area contributed by atoms with E-state index in [0.717, 1.165) is 22.4 Å². The number of nitrogens with zero attached hydrogens (tertiary/aromatic N) is 1. The van der Waals surface area contributed by atoms with Gasteiger partial charge in [0.1, 0.15) is 0 Å². The molecule has 2 heterocycles. The minimum Gasteiger partial charge on any atom is -0.360 e. The first-order chi connectivity index (χ1) is 8.81. The van der Waals surface area contributed by atoms with Gasteiger partial charge in [-0.2, -0.15) is 11.8 Å². The molecular formula is C14H18N2S2. The van der Waals surface area contributed by atoms with Crippen LogP contribution in [0, 0.1) is 6.92 Å². The Labute approximate surface area is 116 Å². The SMILES string of the molecule is Cc1ccc2nc(NCC3CCCCS3)sc2c1. The molecule has 18 heavy (non-hydrogen) atoms. The highest BCUT2D eigenvalue weighted by atomic mass is 32.2. The molecular weight excluding hydrogens is 260 g/mol. The van der Waals surface area contributed by atoms with Crippen LogP contribution < -0.4 is 5.32 Å². The summed E-state index contributed by atoms with van der Waals surface area (Å²) in [6.45, 7) is 3.19. The summed E-state index contributed by atoms with van der Waals surface area (Å²) >= 11 is 3.87. The Kier molecular flexibility index (Phi) is 3.75. The Hall–Kier alpha value is -0.740. The molecule has 1 aliphatic rings. The second-order valence-corrected chi connectivity index (χ2v) is 7.30. The number of nitrogens with one attached hydrogen (secondary N) is 1. The van der Waals surface area contributed by atoms with E-state index in [9.17, 15) is 0 Å². The second kappa shape index (κ2) is 5.49. The third kappa shape index (κ3) is 2.81. The summed E-state index contributed by atoms with van der Waals surface area (Å²) in [6, 6.07) is 6.46. The molecule has 0 radical (unpaired) electrons. The lowest BCUT2D eigenvalue weighted by molar-refractivity contribution is 0.677. The molecule has 1 fully saturated rings. The van der Waals surface area contributed by atoms with Gasteiger partial charge in [-0.1, -0.05) is 23.8 Å². The Morgan fingerprint density at radius 2 is 2.33 bits per heavy atom. The van der Waals surface area contributed by atoms with Crippen molar-refractivity contribution in [2.45, 2.75) is 31.4 Å². The van der Waals surface area contributed by atoms with Crippen molar-refractivity contribution in [3.63, 3.8) is 0 Å². The molecule has 1 aliphatic heterocycles. The van der Waals surface area contributed by atoms with Crippen molar-refractivity contribution in [1.82, 2.24) is 4.98 Å². The van der Waals surface area contributed by atoms with Crippen molar-refractivity contribution in [2.24, 2.45) is 0 Å². The number of fused-ring (bicyclic) bond motifs is 1. The fraction of sp³-hybridized carbons (Fsp3) is 0.500. The van der Waals surface area contributed by atoms with Crippen molar-refractivity contribution in [3.8, 4) is 0 Å². The monoisotopic (exact) mass is 278 g/mol. The van der Waals surface area contributed by atoms with Crippen molar-refractivity contribution in [2.75, 3.05) is 17.6 Å². The lowest BCUT2D eigenvalue weighted by Crippen LogP contribution is -2.19. The summed E-state index contributed by atoms with van der Waals surface area (Å²) in [5, 5.41) is 5.35. The molecule has 2 aromatic rings. The smallest absolute Gasteiger partial charge is 0.183 e. The molecule has 4 heteroatoms. The Bertz CT molecular complexity index is 530. The van der Waals surface area contributed by atoms with Crippen LogP contribution in [0.1, 0.15) is 24.8 Å². The van der Waals surface area contributed by atoms with E-state index in [1.54, 1.807) is 11.3 Å². The predicted octanol–water partition coefficient (Wildman–Crippen LogP) is 4.30. The summed E-state index contributed by atoms with van der Waals surface area (Å²) in [6.07, 6.45) is 4.13. The van der Waals surface area contributed by atoms with Gasteiger partial charge >= 0.3 is 0 Å².